The minimum atomic E-state index is -0.173. The lowest BCUT2D eigenvalue weighted by Gasteiger charge is -2.14. The molecule has 7 heteroatoms. The Bertz CT molecular complexity index is 853. The van der Waals surface area contributed by atoms with E-state index in [1.165, 1.54) is 11.8 Å². The fourth-order valence-corrected chi connectivity index (χ4v) is 4.09. The van der Waals surface area contributed by atoms with Crippen LogP contribution in [0.15, 0.2) is 47.4 Å². The van der Waals surface area contributed by atoms with E-state index in [1.807, 2.05) is 42.5 Å². The van der Waals surface area contributed by atoms with Crippen molar-refractivity contribution in [3.8, 4) is 11.5 Å². The predicted molar refractivity (Wildman–Crippen MR) is 113 cm³/mol. The Balaban J connectivity index is 1.85. The van der Waals surface area contributed by atoms with E-state index in [0.29, 0.717) is 27.3 Å². The molecule has 0 unspecified atom stereocenters. The van der Waals surface area contributed by atoms with Gasteiger partial charge in [-0.25, -0.2) is 0 Å². The first-order valence-corrected chi connectivity index (χ1v) is 9.66. The summed E-state index contributed by atoms with van der Waals surface area (Å²) in [6.45, 7) is 0.458. The van der Waals surface area contributed by atoms with Gasteiger partial charge in [0.15, 0.2) is 11.5 Å². The minimum absolute atomic E-state index is 0.173. The number of thiocarbonyl (C=S) groups is 1. The van der Waals surface area contributed by atoms with E-state index in [9.17, 15) is 4.79 Å². The van der Waals surface area contributed by atoms with Crippen LogP contribution in [0.25, 0.3) is 6.08 Å². The molecule has 0 spiro atoms. The lowest BCUT2D eigenvalue weighted by Crippen LogP contribution is -2.17. The largest absolute Gasteiger partial charge is 0.493 e. The van der Waals surface area contributed by atoms with Crippen LogP contribution in [0.1, 0.15) is 11.1 Å². The SMILES string of the molecule is COc1cc(C=C2SC(=S)NC2=O)cc(I)c1OCc1ccccc1. The summed E-state index contributed by atoms with van der Waals surface area (Å²) in [7, 11) is 1.60. The molecule has 0 saturated carbocycles. The highest BCUT2D eigenvalue weighted by Gasteiger charge is 2.22. The molecule has 1 heterocycles. The normalized spacial score (nSPS) is 15.4. The van der Waals surface area contributed by atoms with Crippen molar-refractivity contribution in [1.82, 2.24) is 5.32 Å². The third kappa shape index (κ3) is 4.53. The second-order valence-electron chi connectivity index (χ2n) is 5.16. The van der Waals surface area contributed by atoms with Gasteiger partial charge in [0.25, 0.3) is 5.91 Å². The molecular formula is C18H14INO3S2. The van der Waals surface area contributed by atoms with E-state index in [-0.39, 0.29) is 5.91 Å². The Morgan fingerprint density at radius 2 is 2.04 bits per heavy atom. The molecule has 1 aliphatic rings. The van der Waals surface area contributed by atoms with Crippen molar-refractivity contribution >= 4 is 62.9 Å². The number of methoxy groups -OCH3 is 1. The zero-order valence-electron chi connectivity index (χ0n) is 13.2. The fourth-order valence-electron chi connectivity index (χ4n) is 2.27. The molecule has 1 saturated heterocycles. The fraction of sp³-hybridized carbons (Fsp3) is 0.111. The van der Waals surface area contributed by atoms with Crippen LogP contribution in [0.4, 0.5) is 0 Å². The highest BCUT2D eigenvalue weighted by molar-refractivity contribution is 14.1. The topological polar surface area (TPSA) is 47.6 Å². The number of amides is 1. The molecule has 0 aromatic heterocycles. The Morgan fingerprint density at radius 3 is 2.68 bits per heavy atom. The Labute approximate surface area is 169 Å². The number of hydrogen-bond donors (Lipinski definition) is 1. The van der Waals surface area contributed by atoms with E-state index < -0.39 is 0 Å². The smallest absolute Gasteiger partial charge is 0.263 e. The third-order valence-electron chi connectivity index (χ3n) is 3.42. The van der Waals surface area contributed by atoms with E-state index >= 15 is 0 Å². The van der Waals surface area contributed by atoms with E-state index in [2.05, 4.69) is 27.9 Å². The molecule has 0 radical (unpaired) electrons. The van der Waals surface area contributed by atoms with Gasteiger partial charge in [0.05, 0.1) is 15.6 Å². The Hall–Kier alpha value is -1.58. The molecule has 3 rings (SSSR count). The number of halogens is 1. The first-order chi connectivity index (χ1) is 12.1. The van der Waals surface area contributed by atoms with Gasteiger partial charge in [-0.1, -0.05) is 54.3 Å². The van der Waals surface area contributed by atoms with Crippen molar-refractivity contribution in [3.05, 3.63) is 62.1 Å². The zero-order chi connectivity index (χ0) is 17.8. The number of rotatable bonds is 5. The number of carbonyl (C=O) groups excluding carboxylic acids is 1. The average molecular weight is 483 g/mol. The molecular weight excluding hydrogens is 469 g/mol. The molecule has 1 N–H and O–H groups in total. The van der Waals surface area contributed by atoms with Gasteiger partial charge in [0, 0.05) is 0 Å². The summed E-state index contributed by atoms with van der Waals surface area (Å²) in [6, 6.07) is 13.7. The van der Waals surface area contributed by atoms with Crippen LogP contribution in [0.3, 0.4) is 0 Å². The van der Waals surface area contributed by atoms with Gasteiger partial charge in [-0.2, -0.15) is 0 Å². The minimum Gasteiger partial charge on any atom is -0.493 e. The molecule has 1 fully saturated rings. The number of carbonyl (C=O) groups is 1. The average Bonchev–Trinajstić information content (AvgIpc) is 2.91. The standard InChI is InChI=1S/C18H14INO3S2/c1-22-14-8-12(9-15-17(21)20-18(24)25-15)7-13(19)16(14)23-10-11-5-3-2-4-6-11/h2-9H,10H2,1H3,(H,20,21,24). The zero-order valence-corrected chi connectivity index (χ0v) is 17.0. The van der Waals surface area contributed by atoms with Crippen molar-refractivity contribution in [2.24, 2.45) is 0 Å². The molecule has 0 aliphatic carbocycles. The van der Waals surface area contributed by atoms with Gasteiger partial charge in [0.2, 0.25) is 0 Å². The van der Waals surface area contributed by atoms with Crippen LogP contribution in [-0.2, 0) is 11.4 Å². The molecule has 25 heavy (non-hydrogen) atoms. The number of hydrogen-bond acceptors (Lipinski definition) is 5. The summed E-state index contributed by atoms with van der Waals surface area (Å²) in [5.74, 6) is 1.14. The molecule has 0 bridgehead atoms. The quantitative estimate of drug-likeness (QED) is 0.389. The summed E-state index contributed by atoms with van der Waals surface area (Å²) < 4.78 is 12.8. The lowest BCUT2D eigenvalue weighted by molar-refractivity contribution is -0.115. The monoisotopic (exact) mass is 483 g/mol. The van der Waals surface area contributed by atoms with Gasteiger partial charge < -0.3 is 14.8 Å². The molecule has 1 amide bonds. The molecule has 2 aromatic rings. The number of ether oxygens (including phenoxy) is 2. The molecule has 2 aromatic carbocycles. The van der Waals surface area contributed by atoms with Crippen LogP contribution in [-0.4, -0.2) is 17.3 Å². The maximum absolute atomic E-state index is 11.8. The van der Waals surface area contributed by atoms with Crippen LogP contribution in [0, 0.1) is 3.57 Å². The first kappa shape index (κ1) is 18.2. The maximum Gasteiger partial charge on any atom is 0.263 e. The summed E-state index contributed by atoms with van der Waals surface area (Å²) >= 11 is 8.47. The van der Waals surface area contributed by atoms with Gasteiger partial charge in [-0.3, -0.25) is 4.79 Å². The van der Waals surface area contributed by atoms with Crippen molar-refractivity contribution in [3.63, 3.8) is 0 Å². The lowest BCUT2D eigenvalue weighted by atomic mass is 10.2. The predicted octanol–water partition coefficient (Wildman–Crippen LogP) is 4.37. The number of thioether (sulfide) groups is 1. The second-order valence-corrected chi connectivity index (χ2v) is 8.04. The third-order valence-corrected chi connectivity index (χ3v) is 5.38. The van der Waals surface area contributed by atoms with Crippen molar-refractivity contribution < 1.29 is 14.3 Å². The number of benzene rings is 2. The summed E-state index contributed by atoms with van der Waals surface area (Å²) in [4.78, 5) is 12.4. The summed E-state index contributed by atoms with van der Waals surface area (Å²) in [6.07, 6.45) is 1.80. The molecule has 0 atom stereocenters. The van der Waals surface area contributed by atoms with Crippen LogP contribution >= 0.6 is 46.6 Å². The summed E-state index contributed by atoms with van der Waals surface area (Å²) in [5, 5.41) is 2.61. The highest BCUT2D eigenvalue weighted by atomic mass is 127. The van der Waals surface area contributed by atoms with Crippen molar-refractivity contribution in [2.75, 3.05) is 7.11 Å². The van der Waals surface area contributed by atoms with Gasteiger partial charge in [0.1, 0.15) is 10.9 Å². The molecule has 1 aliphatic heterocycles. The molecule has 4 nitrogen and oxygen atoms in total. The maximum atomic E-state index is 11.8. The van der Waals surface area contributed by atoms with Crippen LogP contribution in [0.5, 0.6) is 11.5 Å². The number of nitrogens with one attached hydrogen (secondary N) is 1. The Kier molecular flexibility index (Phi) is 5.98. The van der Waals surface area contributed by atoms with Crippen LogP contribution in [0.2, 0.25) is 0 Å². The Morgan fingerprint density at radius 1 is 1.28 bits per heavy atom. The van der Waals surface area contributed by atoms with Gasteiger partial charge in [-0.05, 0) is 51.9 Å². The van der Waals surface area contributed by atoms with Crippen LogP contribution < -0.4 is 14.8 Å². The molecule has 128 valence electrons. The second kappa shape index (κ2) is 8.20. The highest BCUT2D eigenvalue weighted by Crippen LogP contribution is 2.36. The van der Waals surface area contributed by atoms with E-state index in [1.54, 1.807) is 13.2 Å². The van der Waals surface area contributed by atoms with Crippen molar-refractivity contribution in [2.45, 2.75) is 6.61 Å². The van der Waals surface area contributed by atoms with E-state index in [4.69, 9.17) is 21.7 Å². The summed E-state index contributed by atoms with van der Waals surface area (Å²) in [5.41, 5.74) is 1.94. The van der Waals surface area contributed by atoms with E-state index in [0.717, 1.165) is 14.7 Å². The first-order valence-electron chi connectivity index (χ1n) is 7.36. The van der Waals surface area contributed by atoms with Gasteiger partial charge >= 0.3 is 0 Å². The van der Waals surface area contributed by atoms with Gasteiger partial charge in [-0.15, -0.1) is 0 Å². The van der Waals surface area contributed by atoms with Crippen molar-refractivity contribution in [1.29, 1.82) is 0 Å².